The van der Waals surface area contributed by atoms with Crippen molar-refractivity contribution in [2.75, 3.05) is 0 Å². The van der Waals surface area contributed by atoms with Gasteiger partial charge < -0.3 is 0 Å². The van der Waals surface area contributed by atoms with Gasteiger partial charge in [-0.15, -0.1) is 0 Å². The minimum atomic E-state index is -4.55. The molecule has 0 aliphatic heterocycles. The second kappa shape index (κ2) is 3.79. The third-order valence-electron chi connectivity index (χ3n) is 2.07. The van der Waals surface area contributed by atoms with Crippen molar-refractivity contribution in [1.82, 2.24) is 9.38 Å². The molecule has 0 bridgehead atoms. The Morgan fingerprint density at radius 2 is 2.00 bits per heavy atom. The van der Waals surface area contributed by atoms with Crippen LogP contribution >= 0.6 is 23.2 Å². The van der Waals surface area contributed by atoms with E-state index in [-0.39, 0.29) is 21.5 Å². The first-order valence-electron chi connectivity index (χ1n) is 4.19. The lowest BCUT2D eigenvalue weighted by Crippen LogP contribution is -2.07. The number of halogens is 5. The van der Waals surface area contributed by atoms with E-state index in [1.807, 2.05) is 0 Å². The molecule has 0 aromatic carbocycles. The molecule has 0 unspecified atom stereocenters. The topological polar surface area (TPSA) is 41.1 Å². The Balaban J connectivity index is 2.85. The van der Waals surface area contributed by atoms with Crippen LogP contribution in [0.4, 0.5) is 13.2 Å². The number of aromatic nitrogens is 2. The van der Waals surface area contributed by atoms with Gasteiger partial charge in [0, 0.05) is 6.20 Å². The zero-order chi connectivity index (χ0) is 12.8. The molecule has 2 rings (SSSR count). The lowest BCUT2D eigenvalue weighted by molar-refractivity contribution is -0.137. The molecule has 8 heteroatoms. The molecular formula is C9H2Cl2F3N3. The first kappa shape index (κ1) is 12.0. The fourth-order valence-corrected chi connectivity index (χ4v) is 1.80. The summed E-state index contributed by atoms with van der Waals surface area (Å²) in [5.41, 5.74) is -1.14. The van der Waals surface area contributed by atoms with E-state index in [9.17, 15) is 13.2 Å². The minimum absolute atomic E-state index is 0.0150. The van der Waals surface area contributed by atoms with Crippen molar-refractivity contribution < 1.29 is 13.2 Å². The third-order valence-corrected chi connectivity index (χ3v) is 2.61. The smallest absolute Gasteiger partial charge is 0.288 e. The van der Waals surface area contributed by atoms with Gasteiger partial charge >= 0.3 is 6.18 Å². The molecule has 2 aromatic rings. The van der Waals surface area contributed by atoms with Crippen LogP contribution < -0.4 is 0 Å². The molecule has 17 heavy (non-hydrogen) atoms. The summed E-state index contributed by atoms with van der Waals surface area (Å²) in [6, 6.07) is 2.40. The van der Waals surface area contributed by atoms with Crippen molar-refractivity contribution in [3.05, 3.63) is 33.7 Å². The molecule has 0 atom stereocenters. The van der Waals surface area contributed by atoms with Crippen LogP contribution in [0.25, 0.3) is 5.65 Å². The van der Waals surface area contributed by atoms with Crippen molar-refractivity contribution in [2.24, 2.45) is 0 Å². The fraction of sp³-hybridized carbons (Fsp3) is 0.111. The predicted molar refractivity (Wildman–Crippen MR) is 54.9 cm³/mol. The van der Waals surface area contributed by atoms with Crippen molar-refractivity contribution in [3.63, 3.8) is 0 Å². The number of nitrogens with zero attached hydrogens (tertiary/aromatic N) is 3. The van der Waals surface area contributed by atoms with E-state index < -0.39 is 11.7 Å². The van der Waals surface area contributed by atoms with E-state index in [0.29, 0.717) is 0 Å². The Morgan fingerprint density at radius 3 is 2.53 bits per heavy atom. The van der Waals surface area contributed by atoms with E-state index in [2.05, 4.69) is 4.98 Å². The van der Waals surface area contributed by atoms with Crippen molar-refractivity contribution in [1.29, 1.82) is 5.26 Å². The third kappa shape index (κ3) is 1.92. The average Bonchev–Trinajstić information content (AvgIpc) is 2.53. The van der Waals surface area contributed by atoms with Gasteiger partial charge in [-0.2, -0.15) is 18.4 Å². The van der Waals surface area contributed by atoms with E-state index >= 15 is 0 Å². The van der Waals surface area contributed by atoms with Crippen molar-refractivity contribution >= 4 is 28.8 Å². The summed E-state index contributed by atoms with van der Waals surface area (Å²) < 4.78 is 38.5. The number of hydrogen-bond acceptors (Lipinski definition) is 2. The molecular weight excluding hydrogens is 278 g/mol. The van der Waals surface area contributed by atoms with E-state index in [1.165, 1.54) is 0 Å². The number of alkyl halides is 3. The molecule has 0 aliphatic rings. The number of rotatable bonds is 0. The number of pyridine rings is 1. The monoisotopic (exact) mass is 279 g/mol. The normalized spacial score (nSPS) is 11.8. The Labute approximate surface area is 103 Å². The zero-order valence-electron chi connectivity index (χ0n) is 7.89. The summed E-state index contributed by atoms with van der Waals surface area (Å²) in [5, 5.41) is 8.36. The Morgan fingerprint density at radius 1 is 1.35 bits per heavy atom. The molecule has 88 valence electrons. The van der Waals surface area contributed by atoms with Gasteiger partial charge in [-0.25, -0.2) is 4.98 Å². The van der Waals surface area contributed by atoms with Crippen LogP contribution in [0, 0.1) is 11.3 Å². The van der Waals surface area contributed by atoms with E-state index in [0.717, 1.165) is 16.7 Å². The van der Waals surface area contributed by atoms with Gasteiger partial charge in [-0.3, -0.25) is 4.40 Å². The maximum atomic E-state index is 12.5. The standard InChI is InChI=1S/C9H2Cl2F3N3/c10-5-1-4(9(12,13)14)3-17-6(2-15)7(11)16-8(5)17/h1,3H. The maximum absolute atomic E-state index is 12.5. The van der Waals surface area contributed by atoms with Crippen LogP contribution in [0.15, 0.2) is 12.3 Å². The summed E-state index contributed by atoms with van der Waals surface area (Å²) in [6.07, 6.45) is -3.82. The molecule has 0 spiro atoms. The Hall–Kier alpha value is -1.45. The molecule has 0 saturated carbocycles. The predicted octanol–water partition coefficient (Wildman–Crippen LogP) is 3.53. The molecule has 0 amide bonds. The van der Waals surface area contributed by atoms with Crippen LogP contribution in [0.5, 0.6) is 0 Å². The summed E-state index contributed by atoms with van der Waals surface area (Å²) in [7, 11) is 0. The zero-order valence-corrected chi connectivity index (χ0v) is 9.40. The van der Waals surface area contributed by atoms with Gasteiger partial charge in [0.25, 0.3) is 0 Å². The minimum Gasteiger partial charge on any atom is -0.288 e. The summed E-state index contributed by atoms with van der Waals surface area (Å²) >= 11 is 11.3. The largest absolute Gasteiger partial charge is 0.417 e. The highest BCUT2D eigenvalue weighted by atomic mass is 35.5. The first-order valence-corrected chi connectivity index (χ1v) is 4.94. The van der Waals surface area contributed by atoms with Crippen LogP contribution in [0.1, 0.15) is 11.3 Å². The summed E-state index contributed by atoms with van der Waals surface area (Å²) in [5.74, 6) is 0. The average molecular weight is 280 g/mol. The Kier molecular flexibility index (Phi) is 2.68. The second-order valence-corrected chi connectivity index (χ2v) is 3.90. The van der Waals surface area contributed by atoms with Gasteiger partial charge in [0.1, 0.15) is 6.07 Å². The van der Waals surface area contributed by atoms with Gasteiger partial charge in [0.15, 0.2) is 16.5 Å². The Bertz CT molecular complexity index is 639. The van der Waals surface area contributed by atoms with Crippen LogP contribution in [0.3, 0.4) is 0 Å². The molecule has 0 N–H and O–H groups in total. The van der Waals surface area contributed by atoms with Gasteiger partial charge in [-0.05, 0) is 6.07 Å². The first-order chi connectivity index (χ1) is 7.84. The van der Waals surface area contributed by atoms with Gasteiger partial charge in [-0.1, -0.05) is 23.2 Å². The number of fused-ring (bicyclic) bond motifs is 1. The van der Waals surface area contributed by atoms with Crippen molar-refractivity contribution in [3.8, 4) is 6.07 Å². The molecule has 2 aromatic heterocycles. The highest BCUT2D eigenvalue weighted by Crippen LogP contribution is 2.33. The molecule has 0 fully saturated rings. The van der Waals surface area contributed by atoms with Crippen molar-refractivity contribution in [2.45, 2.75) is 6.18 Å². The molecule has 3 nitrogen and oxygen atoms in total. The van der Waals surface area contributed by atoms with Crippen LogP contribution in [-0.4, -0.2) is 9.38 Å². The SMILES string of the molecule is N#Cc1c(Cl)nc2c(Cl)cc(C(F)(F)F)cn12. The van der Waals surface area contributed by atoms with E-state index in [1.54, 1.807) is 6.07 Å². The van der Waals surface area contributed by atoms with Crippen LogP contribution in [0.2, 0.25) is 10.2 Å². The lowest BCUT2D eigenvalue weighted by Gasteiger charge is -2.08. The summed E-state index contributed by atoms with van der Waals surface area (Å²) in [6.45, 7) is 0. The molecule has 2 heterocycles. The molecule has 0 radical (unpaired) electrons. The van der Waals surface area contributed by atoms with Crippen LogP contribution in [-0.2, 0) is 6.18 Å². The fourth-order valence-electron chi connectivity index (χ4n) is 1.33. The maximum Gasteiger partial charge on any atom is 0.417 e. The molecule has 0 saturated heterocycles. The lowest BCUT2D eigenvalue weighted by atomic mass is 10.3. The quantitative estimate of drug-likeness (QED) is 0.740. The number of imidazole rings is 1. The molecule has 0 aliphatic carbocycles. The number of nitriles is 1. The van der Waals surface area contributed by atoms with E-state index in [4.69, 9.17) is 28.5 Å². The highest BCUT2D eigenvalue weighted by Gasteiger charge is 2.32. The van der Waals surface area contributed by atoms with Gasteiger partial charge in [0.2, 0.25) is 0 Å². The second-order valence-electron chi connectivity index (χ2n) is 3.13. The highest BCUT2D eigenvalue weighted by molar-refractivity contribution is 6.34. The summed E-state index contributed by atoms with van der Waals surface area (Å²) in [4.78, 5) is 3.71. The number of hydrogen-bond donors (Lipinski definition) is 0. The van der Waals surface area contributed by atoms with Gasteiger partial charge in [0.05, 0.1) is 10.6 Å².